The van der Waals surface area contributed by atoms with E-state index in [0.717, 1.165) is 17.2 Å². The van der Waals surface area contributed by atoms with Crippen LogP contribution in [0, 0.1) is 5.92 Å². The quantitative estimate of drug-likeness (QED) is 0.541. The number of hydrogen-bond donors (Lipinski definition) is 1. The van der Waals surface area contributed by atoms with Gasteiger partial charge in [0.05, 0.1) is 16.6 Å². The van der Waals surface area contributed by atoms with E-state index in [1.54, 1.807) is 35.2 Å². The van der Waals surface area contributed by atoms with E-state index < -0.39 is 9.84 Å². The first kappa shape index (κ1) is 23.0. The molecule has 4 rings (SSSR count). The number of benzene rings is 3. The fourth-order valence-electron chi connectivity index (χ4n) is 4.32. The van der Waals surface area contributed by atoms with E-state index in [0.29, 0.717) is 42.9 Å². The van der Waals surface area contributed by atoms with Crippen molar-refractivity contribution in [3.8, 4) is 0 Å². The number of nitrogens with one attached hydrogen (secondary N) is 1. The Morgan fingerprint density at radius 2 is 1.67 bits per heavy atom. The van der Waals surface area contributed by atoms with Crippen LogP contribution in [0.15, 0.2) is 77.7 Å². The van der Waals surface area contributed by atoms with E-state index in [9.17, 15) is 18.0 Å². The molecule has 172 valence electrons. The van der Waals surface area contributed by atoms with Gasteiger partial charge in [-0.15, -0.1) is 0 Å². The van der Waals surface area contributed by atoms with Gasteiger partial charge in [0.1, 0.15) is 0 Å². The molecule has 1 atom stereocenters. The maximum atomic E-state index is 13.2. The Kier molecular flexibility index (Phi) is 7.08. The molecule has 6 nitrogen and oxygen atoms in total. The predicted molar refractivity (Wildman–Crippen MR) is 129 cm³/mol. The summed E-state index contributed by atoms with van der Waals surface area (Å²) in [6, 6.07) is 21.8. The first-order chi connectivity index (χ1) is 16.0. The molecule has 7 heteroatoms. The lowest BCUT2D eigenvalue weighted by Gasteiger charge is -2.32. The second kappa shape index (κ2) is 10.2. The molecule has 1 aliphatic rings. The number of amides is 2. The molecule has 1 aliphatic heterocycles. The first-order valence-corrected chi connectivity index (χ1v) is 12.9. The van der Waals surface area contributed by atoms with Gasteiger partial charge in [-0.2, -0.15) is 0 Å². The number of carbonyl (C=O) groups excluding carboxylic acids is 2. The summed E-state index contributed by atoms with van der Waals surface area (Å²) in [5.74, 6) is -0.489. The van der Waals surface area contributed by atoms with E-state index in [2.05, 4.69) is 5.32 Å². The molecule has 2 amide bonds. The fourth-order valence-corrected chi connectivity index (χ4v) is 5.65. The molecule has 0 spiro atoms. The Balaban J connectivity index is 1.32. The summed E-state index contributed by atoms with van der Waals surface area (Å²) in [6.45, 7) is 1.29. The van der Waals surface area contributed by atoms with Crippen molar-refractivity contribution in [1.29, 1.82) is 0 Å². The molecular formula is C26H28N2O4S. The molecule has 3 aromatic carbocycles. The van der Waals surface area contributed by atoms with Crippen molar-refractivity contribution < 1.29 is 18.0 Å². The van der Waals surface area contributed by atoms with Gasteiger partial charge >= 0.3 is 0 Å². The summed E-state index contributed by atoms with van der Waals surface area (Å²) in [7, 11) is -3.36. The average molecular weight is 465 g/mol. The third-order valence-corrected chi connectivity index (χ3v) is 7.91. The van der Waals surface area contributed by atoms with Gasteiger partial charge in [0.2, 0.25) is 5.91 Å². The summed E-state index contributed by atoms with van der Waals surface area (Å²) < 4.78 is 24.7. The van der Waals surface area contributed by atoms with Crippen LogP contribution in [0.5, 0.6) is 0 Å². The number of fused-ring (bicyclic) bond motifs is 1. The molecule has 33 heavy (non-hydrogen) atoms. The number of likely N-dealkylation sites (tertiary alicyclic amines) is 1. The Hall–Kier alpha value is -3.19. The number of nitrogens with zero attached hydrogens (tertiary/aromatic N) is 1. The minimum Gasteiger partial charge on any atom is -0.356 e. The predicted octanol–water partition coefficient (Wildman–Crippen LogP) is 3.67. The summed E-state index contributed by atoms with van der Waals surface area (Å²) in [5.41, 5.74) is 0.653. The van der Waals surface area contributed by atoms with E-state index in [1.807, 2.05) is 42.5 Å². The standard InChI is InChI=1S/C26H28N2O4S/c29-25(27-16-8-18-33(31,32)22-12-2-1-3-13-22)21-11-7-17-28(19-21)26(30)24-15-6-10-20-9-4-5-14-23(20)24/h1-6,9-10,12-15,21H,7-8,11,16-19H2,(H,27,29). The van der Waals surface area contributed by atoms with Crippen LogP contribution in [0.25, 0.3) is 10.8 Å². The smallest absolute Gasteiger partial charge is 0.254 e. The molecule has 0 bridgehead atoms. The zero-order valence-electron chi connectivity index (χ0n) is 18.4. The van der Waals surface area contributed by atoms with Gasteiger partial charge in [0.15, 0.2) is 9.84 Å². The molecule has 0 saturated carbocycles. The van der Waals surface area contributed by atoms with Gasteiger partial charge in [-0.1, -0.05) is 54.6 Å². The Bertz CT molecular complexity index is 1240. The highest BCUT2D eigenvalue weighted by molar-refractivity contribution is 7.91. The molecule has 1 N–H and O–H groups in total. The van der Waals surface area contributed by atoms with Gasteiger partial charge in [-0.25, -0.2) is 8.42 Å². The summed E-state index contributed by atoms with van der Waals surface area (Å²) in [4.78, 5) is 28.0. The normalized spacial score (nSPS) is 16.5. The largest absolute Gasteiger partial charge is 0.356 e. The average Bonchev–Trinajstić information content (AvgIpc) is 2.86. The zero-order chi connectivity index (χ0) is 23.3. The fraction of sp³-hybridized carbons (Fsp3) is 0.308. The highest BCUT2D eigenvalue weighted by Crippen LogP contribution is 2.23. The highest BCUT2D eigenvalue weighted by atomic mass is 32.2. The van der Waals surface area contributed by atoms with Gasteiger partial charge < -0.3 is 10.2 Å². The highest BCUT2D eigenvalue weighted by Gasteiger charge is 2.29. The second-order valence-electron chi connectivity index (χ2n) is 8.39. The number of sulfone groups is 1. The summed E-state index contributed by atoms with van der Waals surface area (Å²) in [6.07, 6.45) is 1.82. The van der Waals surface area contributed by atoms with Crippen LogP contribution in [0.2, 0.25) is 0 Å². The molecule has 1 heterocycles. The lowest BCUT2D eigenvalue weighted by molar-refractivity contribution is -0.126. The van der Waals surface area contributed by atoms with Gasteiger partial charge in [0.25, 0.3) is 5.91 Å². The number of carbonyl (C=O) groups is 2. The monoisotopic (exact) mass is 464 g/mol. The number of hydrogen-bond acceptors (Lipinski definition) is 4. The van der Waals surface area contributed by atoms with Crippen molar-refractivity contribution in [2.45, 2.75) is 24.2 Å². The second-order valence-corrected chi connectivity index (χ2v) is 10.5. The van der Waals surface area contributed by atoms with E-state index >= 15 is 0 Å². The molecule has 0 aromatic heterocycles. The van der Waals surface area contributed by atoms with E-state index in [-0.39, 0.29) is 23.5 Å². The minimum absolute atomic E-state index is 0.0202. The Morgan fingerprint density at radius 1 is 0.939 bits per heavy atom. The molecule has 1 saturated heterocycles. The number of piperidine rings is 1. The zero-order valence-corrected chi connectivity index (χ0v) is 19.3. The topological polar surface area (TPSA) is 83.6 Å². The Morgan fingerprint density at radius 3 is 2.48 bits per heavy atom. The molecule has 1 fully saturated rings. The van der Waals surface area contributed by atoms with Gasteiger partial charge in [-0.3, -0.25) is 9.59 Å². The lowest BCUT2D eigenvalue weighted by atomic mass is 9.95. The molecule has 1 unspecified atom stereocenters. The van der Waals surface area contributed by atoms with Crippen LogP contribution in [0.3, 0.4) is 0 Å². The van der Waals surface area contributed by atoms with Crippen LogP contribution in [-0.4, -0.2) is 50.5 Å². The number of rotatable bonds is 7. The Labute approximate surface area is 194 Å². The molecule has 0 radical (unpaired) electrons. The van der Waals surface area contributed by atoms with E-state index in [1.165, 1.54) is 0 Å². The van der Waals surface area contributed by atoms with Crippen molar-refractivity contribution in [3.05, 3.63) is 78.4 Å². The van der Waals surface area contributed by atoms with Crippen molar-refractivity contribution in [2.75, 3.05) is 25.4 Å². The third kappa shape index (κ3) is 5.42. The molecule has 3 aromatic rings. The summed E-state index contributed by atoms with van der Waals surface area (Å²) >= 11 is 0. The molecule has 0 aliphatic carbocycles. The van der Waals surface area contributed by atoms with Crippen LogP contribution in [0.1, 0.15) is 29.6 Å². The summed E-state index contributed by atoms with van der Waals surface area (Å²) in [5, 5.41) is 4.79. The van der Waals surface area contributed by atoms with Crippen molar-refractivity contribution in [3.63, 3.8) is 0 Å². The van der Waals surface area contributed by atoms with Crippen LogP contribution < -0.4 is 5.32 Å². The van der Waals surface area contributed by atoms with Crippen molar-refractivity contribution in [2.24, 2.45) is 5.92 Å². The van der Waals surface area contributed by atoms with Crippen LogP contribution in [-0.2, 0) is 14.6 Å². The SMILES string of the molecule is O=C(NCCCS(=O)(=O)c1ccccc1)C1CCCN(C(=O)c2cccc3ccccc23)C1. The van der Waals surface area contributed by atoms with E-state index in [4.69, 9.17) is 0 Å². The minimum atomic E-state index is -3.36. The maximum absolute atomic E-state index is 13.2. The van der Waals surface area contributed by atoms with Crippen molar-refractivity contribution in [1.82, 2.24) is 10.2 Å². The van der Waals surface area contributed by atoms with Gasteiger partial charge in [-0.05, 0) is 48.2 Å². The maximum Gasteiger partial charge on any atom is 0.254 e. The van der Waals surface area contributed by atoms with Crippen molar-refractivity contribution >= 4 is 32.4 Å². The third-order valence-electron chi connectivity index (χ3n) is 6.09. The first-order valence-electron chi connectivity index (χ1n) is 11.3. The van der Waals surface area contributed by atoms with Crippen LogP contribution >= 0.6 is 0 Å². The van der Waals surface area contributed by atoms with Gasteiger partial charge in [0, 0.05) is 25.2 Å². The molecular weight excluding hydrogens is 436 g/mol. The van der Waals surface area contributed by atoms with Crippen LogP contribution in [0.4, 0.5) is 0 Å². The lowest BCUT2D eigenvalue weighted by Crippen LogP contribution is -2.45.